The van der Waals surface area contributed by atoms with Gasteiger partial charge in [-0.2, -0.15) is 4.31 Å². The van der Waals surface area contributed by atoms with Gasteiger partial charge in [-0.05, 0) is 37.3 Å². The molecule has 1 heterocycles. The van der Waals surface area contributed by atoms with Crippen molar-refractivity contribution >= 4 is 16.0 Å². The molecule has 8 heteroatoms. The fourth-order valence-corrected chi connectivity index (χ4v) is 6.08. The number of hydrogen-bond donors (Lipinski definition) is 0. The summed E-state index contributed by atoms with van der Waals surface area (Å²) in [5, 5.41) is 0. The Morgan fingerprint density at radius 1 is 1.08 bits per heavy atom. The van der Waals surface area contributed by atoms with Crippen molar-refractivity contribution in [2.75, 3.05) is 21.3 Å². The van der Waals surface area contributed by atoms with Gasteiger partial charge in [-0.3, -0.25) is 4.79 Å². The van der Waals surface area contributed by atoms with Gasteiger partial charge in [0.25, 0.3) is 0 Å². The number of carbonyl (C=O) groups excluding carboxylic acids is 1. The monoisotopic (exact) mass is 383 g/mol. The van der Waals surface area contributed by atoms with Crippen molar-refractivity contribution in [3.05, 3.63) is 18.2 Å². The van der Waals surface area contributed by atoms with Crippen molar-refractivity contribution in [3.63, 3.8) is 0 Å². The molecule has 1 saturated carbocycles. The number of rotatable bonds is 5. The first-order chi connectivity index (χ1) is 12.4. The average molecular weight is 383 g/mol. The Kier molecular flexibility index (Phi) is 5.43. The first-order valence-electron chi connectivity index (χ1n) is 8.77. The van der Waals surface area contributed by atoms with E-state index in [0.717, 1.165) is 25.7 Å². The van der Waals surface area contributed by atoms with Gasteiger partial charge in [0.1, 0.15) is 6.04 Å². The molecule has 0 amide bonds. The lowest BCUT2D eigenvalue weighted by molar-refractivity contribution is -0.144. The summed E-state index contributed by atoms with van der Waals surface area (Å²) in [6, 6.07) is 3.56. The molecule has 1 aliphatic carbocycles. The van der Waals surface area contributed by atoms with Crippen molar-refractivity contribution in [1.82, 2.24) is 4.31 Å². The molecule has 1 aromatic rings. The smallest absolute Gasteiger partial charge is 0.324 e. The highest BCUT2D eigenvalue weighted by Gasteiger charge is 2.51. The highest BCUT2D eigenvalue weighted by molar-refractivity contribution is 7.89. The Labute approximate surface area is 154 Å². The van der Waals surface area contributed by atoms with Gasteiger partial charge in [0.05, 0.1) is 26.2 Å². The van der Waals surface area contributed by atoms with Crippen LogP contribution in [-0.2, 0) is 19.6 Å². The number of esters is 1. The second-order valence-electron chi connectivity index (χ2n) is 6.74. The average Bonchev–Trinajstić information content (AvgIpc) is 3.07. The number of sulfonamides is 1. The molecule has 0 aromatic heterocycles. The maximum Gasteiger partial charge on any atom is 0.324 e. The predicted molar refractivity (Wildman–Crippen MR) is 94.7 cm³/mol. The summed E-state index contributed by atoms with van der Waals surface area (Å²) in [6.07, 6.45) is 4.26. The van der Waals surface area contributed by atoms with Crippen LogP contribution < -0.4 is 9.47 Å². The first kappa shape index (κ1) is 19.0. The number of nitrogens with zero attached hydrogens (tertiary/aromatic N) is 1. The predicted octanol–water partition coefficient (Wildman–Crippen LogP) is 2.20. The second-order valence-corrected chi connectivity index (χ2v) is 8.58. The van der Waals surface area contributed by atoms with Crippen LogP contribution in [0.1, 0.15) is 32.1 Å². The molecule has 1 aliphatic heterocycles. The van der Waals surface area contributed by atoms with Crippen LogP contribution in [0.5, 0.6) is 11.5 Å². The fraction of sp³-hybridized carbons (Fsp3) is 0.611. The molecule has 2 fully saturated rings. The van der Waals surface area contributed by atoms with E-state index in [2.05, 4.69) is 0 Å². The largest absolute Gasteiger partial charge is 0.493 e. The number of hydrogen-bond acceptors (Lipinski definition) is 6. The molecule has 0 radical (unpaired) electrons. The normalized spacial score (nSPS) is 26.2. The molecule has 0 unspecified atom stereocenters. The first-order valence-corrected chi connectivity index (χ1v) is 10.2. The van der Waals surface area contributed by atoms with E-state index < -0.39 is 22.0 Å². The molecule has 0 bridgehead atoms. The molecular weight excluding hydrogens is 358 g/mol. The van der Waals surface area contributed by atoms with Crippen LogP contribution in [0.15, 0.2) is 23.1 Å². The molecule has 3 atom stereocenters. The van der Waals surface area contributed by atoms with E-state index in [1.54, 1.807) is 6.07 Å². The summed E-state index contributed by atoms with van der Waals surface area (Å²) >= 11 is 0. The summed E-state index contributed by atoms with van der Waals surface area (Å²) in [5.41, 5.74) is 0. The van der Waals surface area contributed by atoms with Gasteiger partial charge in [0.15, 0.2) is 11.5 Å². The van der Waals surface area contributed by atoms with Crippen molar-refractivity contribution in [2.24, 2.45) is 5.92 Å². The molecule has 26 heavy (non-hydrogen) atoms. The van der Waals surface area contributed by atoms with Crippen LogP contribution >= 0.6 is 0 Å². The van der Waals surface area contributed by atoms with Crippen LogP contribution in [0.2, 0.25) is 0 Å². The minimum absolute atomic E-state index is 0.0928. The molecule has 2 aliphatic rings. The Hall–Kier alpha value is -1.80. The lowest BCUT2D eigenvalue weighted by atomic mass is 9.85. The molecule has 3 rings (SSSR count). The number of benzene rings is 1. The molecule has 0 N–H and O–H groups in total. The molecular formula is C18H25NO6S. The van der Waals surface area contributed by atoms with Crippen LogP contribution in [0.4, 0.5) is 0 Å². The summed E-state index contributed by atoms with van der Waals surface area (Å²) in [6.45, 7) is 0. The van der Waals surface area contributed by atoms with E-state index in [1.165, 1.54) is 37.8 Å². The lowest BCUT2D eigenvalue weighted by Gasteiger charge is -2.32. The van der Waals surface area contributed by atoms with Gasteiger partial charge in [0.2, 0.25) is 10.0 Å². The number of ether oxygens (including phenoxy) is 3. The standard InChI is InChI=1S/C18H25NO6S/c1-23-16-9-8-13(11-17(16)24-2)26(21,22)19-14-7-5-4-6-12(14)10-15(19)18(20)25-3/h8-9,11-12,14-15H,4-7,10H2,1-3H3/t12-,14-,15-/m0/s1. The maximum absolute atomic E-state index is 13.4. The van der Waals surface area contributed by atoms with Crippen molar-refractivity contribution in [1.29, 1.82) is 0 Å². The summed E-state index contributed by atoms with van der Waals surface area (Å²) < 4.78 is 43.5. The quantitative estimate of drug-likeness (QED) is 0.725. The van der Waals surface area contributed by atoms with E-state index in [-0.39, 0.29) is 16.9 Å². The summed E-state index contributed by atoms with van der Waals surface area (Å²) in [7, 11) is 0.372. The third-order valence-electron chi connectivity index (χ3n) is 5.43. The Morgan fingerprint density at radius 3 is 2.42 bits per heavy atom. The Bertz CT molecular complexity index is 778. The van der Waals surface area contributed by atoms with Gasteiger partial charge < -0.3 is 14.2 Å². The molecule has 144 valence electrons. The highest BCUT2D eigenvalue weighted by Crippen LogP contribution is 2.43. The minimum Gasteiger partial charge on any atom is -0.493 e. The van der Waals surface area contributed by atoms with Gasteiger partial charge in [0, 0.05) is 12.1 Å². The van der Waals surface area contributed by atoms with E-state index >= 15 is 0 Å². The van der Waals surface area contributed by atoms with Gasteiger partial charge in [-0.1, -0.05) is 12.8 Å². The molecule has 7 nitrogen and oxygen atoms in total. The lowest BCUT2D eigenvalue weighted by Crippen LogP contribution is -2.46. The molecule has 1 aromatic carbocycles. The number of methoxy groups -OCH3 is 3. The molecule has 0 spiro atoms. The molecule has 1 saturated heterocycles. The third-order valence-corrected chi connectivity index (χ3v) is 7.36. The topological polar surface area (TPSA) is 82.1 Å². The maximum atomic E-state index is 13.4. The summed E-state index contributed by atoms with van der Waals surface area (Å²) in [4.78, 5) is 12.4. The minimum atomic E-state index is -3.87. The van der Waals surface area contributed by atoms with Crippen LogP contribution in [0.3, 0.4) is 0 Å². The van der Waals surface area contributed by atoms with Crippen molar-refractivity contribution in [2.45, 2.75) is 49.1 Å². The van der Waals surface area contributed by atoms with E-state index in [0.29, 0.717) is 17.9 Å². The SMILES string of the molecule is COC(=O)[C@@H]1C[C@@H]2CCCC[C@@H]2N1S(=O)(=O)c1ccc(OC)c(OC)c1. The van der Waals surface area contributed by atoms with Gasteiger partial charge >= 0.3 is 5.97 Å². The Balaban J connectivity index is 2.03. The second kappa shape index (κ2) is 7.44. The number of carbonyl (C=O) groups is 1. The van der Waals surface area contributed by atoms with Gasteiger partial charge in [-0.25, -0.2) is 8.42 Å². The zero-order valence-electron chi connectivity index (χ0n) is 15.3. The van der Waals surface area contributed by atoms with Crippen LogP contribution in [-0.4, -0.2) is 52.1 Å². The fourth-order valence-electron chi connectivity index (χ4n) is 4.20. The van der Waals surface area contributed by atoms with E-state index in [1.807, 2.05) is 0 Å². The number of fused-ring (bicyclic) bond motifs is 1. The van der Waals surface area contributed by atoms with E-state index in [9.17, 15) is 13.2 Å². The van der Waals surface area contributed by atoms with Crippen molar-refractivity contribution in [3.8, 4) is 11.5 Å². The van der Waals surface area contributed by atoms with Crippen molar-refractivity contribution < 1.29 is 27.4 Å². The zero-order valence-corrected chi connectivity index (χ0v) is 16.1. The Morgan fingerprint density at radius 2 is 1.77 bits per heavy atom. The van der Waals surface area contributed by atoms with Crippen LogP contribution in [0.25, 0.3) is 0 Å². The van der Waals surface area contributed by atoms with Gasteiger partial charge in [-0.15, -0.1) is 0 Å². The summed E-state index contributed by atoms with van der Waals surface area (Å²) in [5.74, 6) is 0.488. The third kappa shape index (κ3) is 3.16. The van der Waals surface area contributed by atoms with Crippen LogP contribution in [0, 0.1) is 5.92 Å². The zero-order chi connectivity index (χ0) is 18.9. The highest BCUT2D eigenvalue weighted by atomic mass is 32.2. The van der Waals surface area contributed by atoms with E-state index in [4.69, 9.17) is 14.2 Å².